The summed E-state index contributed by atoms with van der Waals surface area (Å²) in [5.41, 5.74) is 1.33. The highest BCUT2D eigenvalue weighted by Crippen LogP contribution is 2.31. The molecule has 20 heavy (non-hydrogen) atoms. The van der Waals surface area contributed by atoms with Crippen molar-refractivity contribution >= 4 is 5.78 Å². The maximum atomic E-state index is 14.2. The van der Waals surface area contributed by atoms with Crippen molar-refractivity contribution in [3.8, 4) is 0 Å². The van der Waals surface area contributed by atoms with Crippen LogP contribution in [0.15, 0.2) is 54.6 Å². The molecule has 1 nitrogen and oxygen atoms in total. The SMILES string of the molecule is CC(=O)Cc1cccc(CC(F)(F)c2ccccc2)c1. The lowest BCUT2D eigenvalue weighted by Gasteiger charge is -2.17. The van der Waals surface area contributed by atoms with Gasteiger partial charge >= 0.3 is 0 Å². The molecule has 2 aromatic carbocycles. The zero-order valence-electron chi connectivity index (χ0n) is 11.3. The van der Waals surface area contributed by atoms with Crippen molar-refractivity contribution in [2.75, 3.05) is 0 Å². The van der Waals surface area contributed by atoms with Gasteiger partial charge in [0, 0.05) is 18.4 Å². The molecule has 0 aliphatic carbocycles. The summed E-state index contributed by atoms with van der Waals surface area (Å²) in [7, 11) is 0. The summed E-state index contributed by atoms with van der Waals surface area (Å²) in [6.07, 6.45) is -0.0759. The molecular formula is C17H16F2O. The van der Waals surface area contributed by atoms with Crippen LogP contribution in [-0.2, 0) is 23.6 Å². The molecule has 0 unspecified atom stereocenters. The molecule has 0 fully saturated rings. The summed E-state index contributed by atoms with van der Waals surface area (Å²) in [5.74, 6) is -2.88. The predicted octanol–water partition coefficient (Wildman–Crippen LogP) is 4.15. The quantitative estimate of drug-likeness (QED) is 0.800. The first-order valence-electron chi connectivity index (χ1n) is 6.48. The Labute approximate surface area is 117 Å². The lowest BCUT2D eigenvalue weighted by molar-refractivity contribution is -0.116. The predicted molar refractivity (Wildman–Crippen MR) is 74.9 cm³/mol. The Balaban J connectivity index is 2.19. The molecule has 0 aliphatic heterocycles. The smallest absolute Gasteiger partial charge is 0.277 e. The number of hydrogen-bond acceptors (Lipinski definition) is 1. The first-order chi connectivity index (χ1) is 9.47. The maximum Gasteiger partial charge on any atom is 0.277 e. The van der Waals surface area contributed by atoms with Crippen molar-refractivity contribution in [1.29, 1.82) is 0 Å². The molecule has 0 N–H and O–H groups in total. The summed E-state index contributed by atoms with van der Waals surface area (Å²) in [6, 6.07) is 14.6. The van der Waals surface area contributed by atoms with Gasteiger partial charge in [-0.25, -0.2) is 8.78 Å². The number of carbonyl (C=O) groups excluding carboxylic acids is 1. The highest BCUT2D eigenvalue weighted by molar-refractivity contribution is 5.78. The zero-order chi connectivity index (χ0) is 14.6. The number of carbonyl (C=O) groups is 1. The Hall–Kier alpha value is -2.03. The van der Waals surface area contributed by atoms with Crippen molar-refractivity contribution in [3.63, 3.8) is 0 Å². The fraction of sp³-hybridized carbons (Fsp3) is 0.235. The van der Waals surface area contributed by atoms with E-state index in [-0.39, 0.29) is 24.2 Å². The average Bonchev–Trinajstić information content (AvgIpc) is 2.39. The number of hydrogen-bond donors (Lipinski definition) is 0. The van der Waals surface area contributed by atoms with E-state index in [1.807, 2.05) is 0 Å². The number of Topliss-reactive ketones (excluding diaryl/α,β-unsaturated/α-hetero) is 1. The fourth-order valence-electron chi connectivity index (χ4n) is 2.18. The molecule has 0 saturated carbocycles. The van der Waals surface area contributed by atoms with E-state index in [4.69, 9.17) is 0 Å². The lowest BCUT2D eigenvalue weighted by Crippen LogP contribution is -2.17. The second-order valence-electron chi connectivity index (χ2n) is 4.95. The van der Waals surface area contributed by atoms with Gasteiger partial charge in [0.05, 0.1) is 0 Å². The molecule has 0 saturated heterocycles. The van der Waals surface area contributed by atoms with E-state index in [1.165, 1.54) is 19.1 Å². The second kappa shape index (κ2) is 5.95. The van der Waals surface area contributed by atoms with Crippen LogP contribution in [0.5, 0.6) is 0 Å². The Kier molecular flexibility index (Phi) is 4.28. The van der Waals surface area contributed by atoms with Crippen molar-refractivity contribution < 1.29 is 13.6 Å². The molecule has 2 aromatic rings. The molecule has 0 bridgehead atoms. The number of ketones is 1. The zero-order valence-corrected chi connectivity index (χ0v) is 11.3. The Bertz CT molecular complexity index is 591. The molecule has 0 heterocycles. The van der Waals surface area contributed by atoms with Gasteiger partial charge in [0.1, 0.15) is 5.78 Å². The molecule has 0 spiro atoms. The minimum atomic E-state index is -2.91. The third-order valence-electron chi connectivity index (χ3n) is 3.07. The fourth-order valence-corrected chi connectivity index (χ4v) is 2.18. The van der Waals surface area contributed by atoms with Gasteiger partial charge in [-0.3, -0.25) is 4.79 Å². The number of halogens is 2. The van der Waals surface area contributed by atoms with E-state index in [9.17, 15) is 13.6 Å². The molecule has 3 heteroatoms. The largest absolute Gasteiger partial charge is 0.300 e. The van der Waals surface area contributed by atoms with Crippen LogP contribution in [0, 0.1) is 0 Å². The molecule has 0 aromatic heterocycles. The van der Waals surface area contributed by atoms with E-state index in [0.29, 0.717) is 5.56 Å². The van der Waals surface area contributed by atoms with Crippen LogP contribution >= 0.6 is 0 Å². The van der Waals surface area contributed by atoms with Crippen LogP contribution in [0.1, 0.15) is 23.6 Å². The summed E-state index contributed by atoms with van der Waals surface area (Å²) in [5, 5.41) is 0. The van der Waals surface area contributed by atoms with Crippen LogP contribution in [0.25, 0.3) is 0 Å². The first-order valence-corrected chi connectivity index (χ1v) is 6.48. The highest BCUT2D eigenvalue weighted by atomic mass is 19.3. The molecule has 0 aliphatic rings. The topological polar surface area (TPSA) is 17.1 Å². The average molecular weight is 274 g/mol. The summed E-state index contributed by atoms with van der Waals surface area (Å²) in [4.78, 5) is 11.1. The summed E-state index contributed by atoms with van der Waals surface area (Å²) < 4.78 is 28.3. The standard InChI is InChI=1S/C17H16F2O/c1-13(20)10-14-6-5-7-15(11-14)12-17(18,19)16-8-3-2-4-9-16/h2-9,11H,10,12H2,1H3. The molecule has 0 amide bonds. The Morgan fingerprint density at radius 1 is 1.00 bits per heavy atom. The first kappa shape index (κ1) is 14.4. The normalized spacial score (nSPS) is 11.3. The maximum absolute atomic E-state index is 14.2. The van der Waals surface area contributed by atoms with Gasteiger partial charge in [0.15, 0.2) is 0 Å². The lowest BCUT2D eigenvalue weighted by atomic mass is 9.98. The van der Waals surface area contributed by atoms with Crippen LogP contribution in [0.4, 0.5) is 8.78 Å². The molecule has 0 radical (unpaired) electrons. The van der Waals surface area contributed by atoms with E-state index in [2.05, 4.69) is 0 Å². The van der Waals surface area contributed by atoms with Crippen molar-refractivity contribution in [2.45, 2.75) is 25.7 Å². The van der Waals surface area contributed by atoms with Gasteiger partial charge in [-0.2, -0.15) is 0 Å². The van der Waals surface area contributed by atoms with Gasteiger partial charge in [0.2, 0.25) is 0 Å². The minimum absolute atomic E-state index is 0.0111. The van der Waals surface area contributed by atoms with Gasteiger partial charge in [-0.15, -0.1) is 0 Å². The minimum Gasteiger partial charge on any atom is -0.300 e. The van der Waals surface area contributed by atoms with Gasteiger partial charge < -0.3 is 0 Å². The molecule has 2 rings (SSSR count). The third-order valence-corrected chi connectivity index (χ3v) is 3.07. The number of alkyl halides is 2. The van der Waals surface area contributed by atoms with Crippen molar-refractivity contribution in [3.05, 3.63) is 71.3 Å². The van der Waals surface area contributed by atoms with Crippen molar-refractivity contribution in [2.24, 2.45) is 0 Å². The number of rotatable bonds is 5. The Morgan fingerprint density at radius 3 is 2.30 bits per heavy atom. The summed E-state index contributed by atoms with van der Waals surface area (Å²) in [6.45, 7) is 1.49. The highest BCUT2D eigenvalue weighted by Gasteiger charge is 2.31. The van der Waals surface area contributed by atoms with Crippen molar-refractivity contribution in [1.82, 2.24) is 0 Å². The van der Waals surface area contributed by atoms with Crippen LogP contribution in [0.3, 0.4) is 0 Å². The van der Waals surface area contributed by atoms with E-state index < -0.39 is 5.92 Å². The summed E-state index contributed by atoms with van der Waals surface area (Å²) >= 11 is 0. The van der Waals surface area contributed by atoms with Crippen LogP contribution in [0.2, 0.25) is 0 Å². The number of benzene rings is 2. The van der Waals surface area contributed by atoms with Gasteiger partial charge in [-0.05, 0) is 18.1 Å². The molecule has 0 atom stereocenters. The molecule has 104 valence electrons. The van der Waals surface area contributed by atoms with E-state index in [1.54, 1.807) is 42.5 Å². The van der Waals surface area contributed by atoms with Crippen LogP contribution in [-0.4, -0.2) is 5.78 Å². The third kappa shape index (κ3) is 3.73. The van der Waals surface area contributed by atoms with Gasteiger partial charge in [0.25, 0.3) is 5.92 Å². The molecular weight excluding hydrogens is 258 g/mol. The monoisotopic (exact) mass is 274 g/mol. The Morgan fingerprint density at radius 2 is 1.65 bits per heavy atom. The van der Waals surface area contributed by atoms with E-state index in [0.717, 1.165) is 5.56 Å². The van der Waals surface area contributed by atoms with E-state index >= 15 is 0 Å². The van der Waals surface area contributed by atoms with Crippen LogP contribution < -0.4 is 0 Å². The van der Waals surface area contributed by atoms with Gasteiger partial charge in [-0.1, -0.05) is 54.6 Å². The second-order valence-corrected chi connectivity index (χ2v) is 4.95.